The van der Waals surface area contributed by atoms with E-state index in [1.54, 1.807) is 0 Å². The number of amides is 1. The monoisotopic (exact) mass is 525 g/mol. The van der Waals surface area contributed by atoms with E-state index in [9.17, 15) is 31.5 Å². The van der Waals surface area contributed by atoms with Crippen LogP contribution in [0.1, 0.15) is 28.8 Å². The van der Waals surface area contributed by atoms with Crippen LogP contribution >= 0.6 is 11.6 Å². The van der Waals surface area contributed by atoms with Crippen molar-refractivity contribution in [3.05, 3.63) is 44.6 Å². The van der Waals surface area contributed by atoms with Crippen LogP contribution in [0.2, 0.25) is 5.15 Å². The Kier molecular flexibility index (Phi) is 7.44. The zero-order valence-electron chi connectivity index (χ0n) is 18.0. The van der Waals surface area contributed by atoms with E-state index in [4.69, 9.17) is 21.4 Å². The van der Waals surface area contributed by atoms with Crippen LogP contribution in [0.5, 0.6) is 5.88 Å². The summed E-state index contributed by atoms with van der Waals surface area (Å²) in [6, 6.07) is 0.478. The number of hydrogen-bond acceptors (Lipinski definition) is 7. The van der Waals surface area contributed by atoms with Crippen molar-refractivity contribution in [3.8, 4) is 11.7 Å². The normalized spacial score (nSPS) is 12.6. The molecule has 35 heavy (non-hydrogen) atoms. The number of aryl methyl sites for hydroxylation is 1. The fourth-order valence-electron chi connectivity index (χ4n) is 2.82. The Labute approximate surface area is 197 Å². The Hall–Kier alpha value is -3.53. The first kappa shape index (κ1) is 26.1. The lowest BCUT2D eigenvalue weighted by Gasteiger charge is -2.19. The summed E-state index contributed by atoms with van der Waals surface area (Å²) in [6.07, 6.45) is -7.39. The van der Waals surface area contributed by atoms with Gasteiger partial charge in [0.05, 0.1) is 18.8 Å². The summed E-state index contributed by atoms with van der Waals surface area (Å²) in [4.78, 5) is 28.9. The van der Waals surface area contributed by atoms with Crippen LogP contribution in [-0.2, 0) is 13.2 Å². The molecule has 0 aliphatic carbocycles. The SMILES string of the molecule is Cc1[nH]nc(Cl)c1NC(=O)c1cc(F)c(-n2nc(CF)n(CCO)c2=O)nc1O[C@@H](C)C(F)(F)F. The molecule has 0 aliphatic rings. The highest BCUT2D eigenvalue weighted by atomic mass is 35.5. The zero-order chi connectivity index (χ0) is 26.1. The smallest absolute Gasteiger partial charge is 0.425 e. The number of ether oxygens (including phenoxy) is 1. The first-order valence-electron chi connectivity index (χ1n) is 9.70. The van der Waals surface area contributed by atoms with Gasteiger partial charge < -0.3 is 15.2 Å². The van der Waals surface area contributed by atoms with Gasteiger partial charge in [0.15, 0.2) is 28.7 Å². The molecule has 0 saturated carbocycles. The minimum Gasteiger partial charge on any atom is -0.464 e. The van der Waals surface area contributed by atoms with Gasteiger partial charge in [-0.25, -0.2) is 13.6 Å². The minimum absolute atomic E-state index is 0.0254. The highest BCUT2D eigenvalue weighted by molar-refractivity contribution is 6.33. The molecule has 0 unspecified atom stereocenters. The molecule has 0 saturated heterocycles. The van der Waals surface area contributed by atoms with E-state index in [1.807, 2.05) is 0 Å². The topological polar surface area (TPSA) is 140 Å². The summed E-state index contributed by atoms with van der Waals surface area (Å²) in [5.74, 6) is -4.96. The number of halogens is 6. The molecule has 0 bridgehead atoms. The second-order valence-corrected chi connectivity index (χ2v) is 7.39. The molecule has 3 N–H and O–H groups in total. The predicted octanol–water partition coefficient (Wildman–Crippen LogP) is 2.30. The van der Waals surface area contributed by atoms with Crippen LogP contribution in [0.4, 0.5) is 27.6 Å². The molecule has 3 rings (SSSR count). The van der Waals surface area contributed by atoms with Gasteiger partial charge in [-0.3, -0.25) is 14.5 Å². The Morgan fingerprint density at radius 1 is 1.40 bits per heavy atom. The number of rotatable bonds is 8. The van der Waals surface area contributed by atoms with Crippen molar-refractivity contribution >= 4 is 23.2 Å². The van der Waals surface area contributed by atoms with E-state index in [1.165, 1.54) is 6.92 Å². The van der Waals surface area contributed by atoms with Gasteiger partial charge >= 0.3 is 11.9 Å². The molecule has 0 aromatic carbocycles. The predicted molar refractivity (Wildman–Crippen MR) is 110 cm³/mol. The van der Waals surface area contributed by atoms with Crippen LogP contribution in [0.15, 0.2) is 10.9 Å². The third kappa shape index (κ3) is 5.27. The van der Waals surface area contributed by atoms with E-state index >= 15 is 0 Å². The molecule has 0 fully saturated rings. The van der Waals surface area contributed by atoms with E-state index in [0.29, 0.717) is 23.3 Å². The second kappa shape index (κ2) is 9.99. The van der Waals surface area contributed by atoms with Gasteiger partial charge in [0.25, 0.3) is 5.91 Å². The molecule has 1 atom stereocenters. The average molecular weight is 526 g/mol. The fourth-order valence-corrected chi connectivity index (χ4v) is 3.05. The van der Waals surface area contributed by atoms with Crippen LogP contribution in [0.3, 0.4) is 0 Å². The van der Waals surface area contributed by atoms with E-state index in [0.717, 1.165) is 0 Å². The quantitative estimate of drug-likeness (QED) is 0.383. The number of aliphatic hydroxyl groups is 1. The number of nitrogens with zero attached hydrogens (tertiary/aromatic N) is 5. The van der Waals surface area contributed by atoms with Gasteiger partial charge in [0.1, 0.15) is 17.9 Å². The summed E-state index contributed by atoms with van der Waals surface area (Å²) in [5, 5.41) is 20.8. The molecule has 0 aliphatic heterocycles. The maximum Gasteiger partial charge on any atom is 0.425 e. The standard InChI is InChI=1S/C18H17ClF5N7O4/c1-7-12(13(19)28-27-7)25-15(33)9-5-10(21)14(26-16(9)35-8(2)18(22,23)24)31-17(34)30(3-4-32)11(6-20)29-31/h5,8,32H,3-4,6H2,1-2H3,(H,25,33)(H,27,28)/t8-/m0/s1. The molecule has 3 aromatic rings. The van der Waals surface area contributed by atoms with Gasteiger partial charge in [-0.2, -0.15) is 27.9 Å². The van der Waals surface area contributed by atoms with Crippen molar-refractivity contribution in [1.29, 1.82) is 0 Å². The molecule has 11 nitrogen and oxygen atoms in total. The zero-order valence-corrected chi connectivity index (χ0v) is 18.7. The number of aromatic nitrogens is 6. The second-order valence-electron chi connectivity index (χ2n) is 7.04. The summed E-state index contributed by atoms with van der Waals surface area (Å²) >= 11 is 5.85. The first-order valence-corrected chi connectivity index (χ1v) is 10.1. The summed E-state index contributed by atoms with van der Waals surface area (Å²) < 4.78 is 73.4. The maximum atomic E-state index is 15.0. The van der Waals surface area contributed by atoms with Crippen molar-refractivity contribution in [3.63, 3.8) is 0 Å². The number of nitrogens with one attached hydrogen (secondary N) is 2. The number of pyridine rings is 1. The van der Waals surface area contributed by atoms with Gasteiger partial charge in [-0.15, -0.1) is 5.10 Å². The molecule has 0 spiro atoms. The lowest BCUT2D eigenvalue weighted by Crippen LogP contribution is -2.33. The van der Waals surface area contributed by atoms with Crippen molar-refractivity contribution in [1.82, 2.24) is 29.5 Å². The molecular weight excluding hydrogens is 509 g/mol. The minimum atomic E-state index is -4.89. The Morgan fingerprint density at radius 2 is 2.09 bits per heavy atom. The number of anilines is 1. The van der Waals surface area contributed by atoms with Crippen LogP contribution < -0.4 is 15.7 Å². The van der Waals surface area contributed by atoms with Gasteiger partial charge in [0.2, 0.25) is 5.88 Å². The molecule has 0 radical (unpaired) electrons. The number of hydrogen-bond donors (Lipinski definition) is 3. The maximum absolute atomic E-state index is 15.0. The van der Waals surface area contributed by atoms with Crippen molar-refractivity contribution in [2.24, 2.45) is 0 Å². The van der Waals surface area contributed by atoms with Crippen LogP contribution in [-0.4, -0.2) is 59.4 Å². The van der Waals surface area contributed by atoms with Crippen LogP contribution in [0, 0.1) is 12.7 Å². The van der Waals surface area contributed by atoms with E-state index < -0.39 is 66.1 Å². The average Bonchev–Trinajstić information content (AvgIpc) is 3.27. The molecule has 190 valence electrons. The highest BCUT2D eigenvalue weighted by Gasteiger charge is 2.39. The Morgan fingerprint density at radius 3 is 2.63 bits per heavy atom. The lowest BCUT2D eigenvalue weighted by molar-refractivity contribution is -0.190. The van der Waals surface area contributed by atoms with Crippen molar-refractivity contribution in [2.45, 2.75) is 39.3 Å². The van der Waals surface area contributed by atoms with Crippen molar-refractivity contribution < 1.29 is 36.6 Å². The molecule has 1 amide bonds. The third-order valence-electron chi connectivity index (χ3n) is 4.64. The van der Waals surface area contributed by atoms with Gasteiger partial charge in [0, 0.05) is 0 Å². The summed E-state index contributed by atoms with van der Waals surface area (Å²) in [7, 11) is 0. The fraction of sp³-hybridized carbons (Fsp3) is 0.389. The number of alkyl halides is 4. The molecule has 17 heteroatoms. The van der Waals surface area contributed by atoms with Gasteiger partial charge in [-0.05, 0) is 19.9 Å². The Bertz CT molecular complexity index is 1280. The molecule has 3 heterocycles. The summed E-state index contributed by atoms with van der Waals surface area (Å²) in [6.45, 7) is -0.145. The van der Waals surface area contributed by atoms with Crippen molar-refractivity contribution in [2.75, 3.05) is 11.9 Å². The number of aromatic amines is 1. The largest absolute Gasteiger partial charge is 0.464 e. The number of H-pyrrole nitrogens is 1. The van der Waals surface area contributed by atoms with Gasteiger partial charge in [-0.1, -0.05) is 11.6 Å². The summed E-state index contributed by atoms with van der Waals surface area (Å²) in [5.41, 5.74) is -1.64. The number of carbonyl (C=O) groups excluding carboxylic acids is 1. The molecule has 3 aromatic heterocycles. The highest BCUT2D eigenvalue weighted by Crippen LogP contribution is 2.29. The first-order chi connectivity index (χ1) is 16.4. The third-order valence-corrected chi connectivity index (χ3v) is 4.91. The van der Waals surface area contributed by atoms with E-state index in [2.05, 4.69) is 25.6 Å². The lowest BCUT2D eigenvalue weighted by atomic mass is 10.2. The molecular formula is C18H17ClF5N7O4. The van der Waals surface area contributed by atoms with Crippen LogP contribution in [0.25, 0.3) is 5.82 Å². The van der Waals surface area contributed by atoms with E-state index in [-0.39, 0.29) is 22.1 Å². The Balaban J connectivity index is 2.15. The number of carbonyl (C=O) groups is 1. The number of aliphatic hydroxyl groups excluding tert-OH is 1.